The summed E-state index contributed by atoms with van der Waals surface area (Å²) in [5.41, 5.74) is 1.50. The van der Waals surface area contributed by atoms with Gasteiger partial charge in [0.2, 0.25) is 0 Å². The first-order valence-corrected chi connectivity index (χ1v) is 8.44. The van der Waals surface area contributed by atoms with E-state index >= 15 is 0 Å². The molecule has 2 aromatic carbocycles. The van der Waals surface area contributed by atoms with Gasteiger partial charge >= 0.3 is 5.97 Å². The van der Waals surface area contributed by atoms with Crippen molar-refractivity contribution >= 4 is 21.9 Å². The number of halogens is 1. The predicted octanol–water partition coefficient (Wildman–Crippen LogP) is 3.56. The van der Waals surface area contributed by atoms with Crippen LogP contribution >= 0.6 is 15.9 Å². The minimum absolute atomic E-state index is 0.254. The molecule has 0 saturated carbocycles. The standard InChI is InChI=1S/C18H15BrN2O5/c1-24-13-4-2-3-11(7-13)8-16-20-18(26-21-16)14-9-12(19)5-6-15(14)25-10-17(22)23/h2-7,9H,8,10H2,1H3,(H,22,23). The van der Waals surface area contributed by atoms with E-state index in [1.165, 1.54) is 0 Å². The van der Waals surface area contributed by atoms with Crippen LogP contribution in [-0.2, 0) is 11.2 Å². The normalized spacial score (nSPS) is 10.5. The Hall–Kier alpha value is -2.87. The maximum absolute atomic E-state index is 10.8. The molecule has 0 saturated heterocycles. The third-order valence-corrected chi connectivity index (χ3v) is 3.98. The Labute approximate surface area is 157 Å². The fraction of sp³-hybridized carbons (Fsp3) is 0.167. The highest BCUT2D eigenvalue weighted by Gasteiger charge is 2.16. The summed E-state index contributed by atoms with van der Waals surface area (Å²) in [6.07, 6.45) is 0.472. The number of methoxy groups -OCH3 is 1. The molecule has 134 valence electrons. The molecule has 0 spiro atoms. The van der Waals surface area contributed by atoms with Gasteiger partial charge in [0.15, 0.2) is 12.4 Å². The van der Waals surface area contributed by atoms with Crippen molar-refractivity contribution in [1.29, 1.82) is 0 Å². The minimum Gasteiger partial charge on any atom is -0.497 e. The monoisotopic (exact) mass is 418 g/mol. The first kappa shape index (κ1) is 17.9. The summed E-state index contributed by atoms with van der Waals surface area (Å²) in [5.74, 6) is 0.792. The van der Waals surface area contributed by atoms with Crippen LogP contribution in [0.25, 0.3) is 11.5 Å². The van der Waals surface area contributed by atoms with Crippen molar-refractivity contribution in [3.8, 4) is 23.0 Å². The lowest BCUT2D eigenvalue weighted by molar-refractivity contribution is -0.139. The zero-order valence-electron chi connectivity index (χ0n) is 13.8. The molecule has 7 nitrogen and oxygen atoms in total. The number of aliphatic carboxylic acids is 1. The van der Waals surface area contributed by atoms with Crippen molar-refractivity contribution in [3.05, 3.63) is 58.3 Å². The van der Waals surface area contributed by atoms with E-state index < -0.39 is 12.6 Å². The molecule has 0 amide bonds. The molecule has 26 heavy (non-hydrogen) atoms. The third kappa shape index (κ3) is 4.40. The van der Waals surface area contributed by atoms with E-state index in [-0.39, 0.29) is 5.89 Å². The number of carbonyl (C=O) groups is 1. The number of ether oxygens (including phenoxy) is 2. The minimum atomic E-state index is -1.07. The smallest absolute Gasteiger partial charge is 0.341 e. The highest BCUT2D eigenvalue weighted by Crippen LogP contribution is 2.32. The zero-order valence-corrected chi connectivity index (χ0v) is 15.4. The Morgan fingerprint density at radius 2 is 2.12 bits per heavy atom. The summed E-state index contributed by atoms with van der Waals surface area (Å²) in [4.78, 5) is 15.1. The Bertz CT molecular complexity index is 925. The maximum Gasteiger partial charge on any atom is 0.341 e. The highest BCUT2D eigenvalue weighted by molar-refractivity contribution is 9.10. The quantitative estimate of drug-likeness (QED) is 0.626. The average molecular weight is 419 g/mol. The van der Waals surface area contributed by atoms with Crippen molar-refractivity contribution in [1.82, 2.24) is 10.1 Å². The Morgan fingerprint density at radius 3 is 2.88 bits per heavy atom. The van der Waals surface area contributed by atoms with E-state index in [1.54, 1.807) is 25.3 Å². The van der Waals surface area contributed by atoms with Crippen LogP contribution in [0.15, 0.2) is 51.5 Å². The molecule has 0 radical (unpaired) electrons. The van der Waals surface area contributed by atoms with E-state index in [2.05, 4.69) is 26.1 Å². The van der Waals surface area contributed by atoms with Gasteiger partial charge in [-0.15, -0.1) is 0 Å². The van der Waals surface area contributed by atoms with E-state index in [1.807, 2.05) is 24.3 Å². The molecule has 1 N–H and O–H groups in total. The van der Waals surface area contributed by atoms with Crippen LogP contribution in [0.5, 0.6) is 11.5 Å². The van der Waals surface area contributed by atoms with Gasteiger partial charge < -0.3 is 19.1 Å². The molecule has 0 bridgehead atoms. The molecule has 0 aliphatic heterocycles. The molecular formula is C18H15BrN2O5. The molecular weight excluding hydrogens is 404 g/mol. The van der Waals surface area contributed by atoms with Gasteiger partial charge in [0.25, 0.3) is 5.89 Å². The summed E-state index contributed by atoms with van der Waals surface area (Å²) < 4.78 is 16.6. The molecule has 0 unspecified atom stereocenters. The fourth-order valence-electron chi connectivity index (χ4n) is 2.33. The molecule has 1 heterocycles. The molecule has 0 aliphatic carbocycles. The van der Waals surface area contributed by atoms with Crippen LogP contribution in [0, 0.1) is 0 Å². The van der Waals surface area contributed by atoms with Gasteiger partial charge in [-0.25, -0.2) is 4.79 Å². The number of carboxylic acids is 1. The van der Waals surface area contributed by atoms with Gasteiger partial charge in [-0.1, -0.05) is 33.2 Å². The van der Waals surface area contributed by atoms with E-state index in [0.29, 0.717) is 23.6 Å². The predicted molar refractivity (Wildman–Crippen MR) is 96.4 cm³/mol. The number of aromatic nitrogens is 2. The number of benzene rings is 2. The topological polar surface area (TPSA) is 94.7 Å². The Morgan fingerprint density at radius 1 is 1.27 bits per heavy atom. The number of rotatable bonds is 7. The lowest BCUT2D eigenvalue weighted by Gasteiger charge is -2.07. The van der Waals surface area contributed by atoms with Gasteiger partial charge in [0, 0.05) is 10.9 Å². The molecule has 0 fully saturated rings. The van der Waals surface area contributed by atoms with E-state index in [9.17, 15) is 4.79 Å². The lowest BCUT2D eigenvalue weighted by atomic mass is 10.1. The first-order chi connectivity index (χ1) is 12.5. The number of hydrogen-bond donors (Lipinski definition) is 1. The van der Waals surface area contributed by atoms with Gasteiger partial charge in [-0.2, -0.15) is 4.98 Å². The largest absolute Gasteiger partial charge is 0.497 e. The third-order valence-electron chi connectivity index (χ3n) is 3.49. The summed E-state index contributed by atoms with van der Waals surface area (Å²) >= 11 is 3.37. The van der Waals surface area contributed by atoms with Gasteiger partial charge in [-0.05, 0) is 35.9 Å². The van der Waals surface area contributed by atoms with Gasteiger partial charge in [-0.3, -0.25) is 0 Å². The van der Waals surface area contributed by atoms with Gasteiger partial charge in [0.05, 0.1) is 12.7 Å². The molecule has 1 aromatic heterocycles. The number of hydrogen-bond acceptors (Lipinski definition) is 6. The van der Waals surface area contributed by atoms with Crippen molar-refractivity contribution in [2.45, 2.75) is 6.42 Å². The van der Waals surface area contributed by atoms with Crippen LogP contribution in [0.4, 0.5) is 0 Å². The summed E-state index contributed by atoms with van der Waals surface area (Å²) in [6.45, 7) is -0.459. The fourth-order valence-corrected chi connectivity index (χ4v) is 2.70. The molecule has 0 aliphatic rings. The van der Waals surface area contributed by atoms with Crippen LogP contribution in [0.3, 0.4) is 0 Å². The number of nitrogens with zero attached hydrogens (tertiary/aromatic N) is 2. The van der Waals surface area contributed by atoms with Gasteiger partial charge in [0.1, 0.15) is 11.5 Å². The van der Waals surface area contributed by atoms with Crippen LogP contribution in [-0.4, -0.2) is 34.9 Å². The molecule has 8 heteroatoms. The second-order valence-corrected chi connectivity index (χ2v) is 6.28. The molecule has 3 aromatic rings. The summed E-state index contributed by atoms with van der Waals surface area (Å²) in [7, 11) is 1.61. The summed E-state index contributed by atoms with van der Waals surface area (Å²) in [5, 5.41) is 12.8. The van der Waals surface area contributed by atoms with Crippen LogP contribution < -0.4 is 9.47 Å². The van der Waals surface area contributed by atoms with Crippen molar-refractivity contribution in [2.24, 2.45) is 0 Å². The second kappa shape index (κ2) is 8.01. The Kier molecular flexibility index (Phi) is 5.52. The van der Waals surface area contributed by atoms with E-state index in [4.69, 9.17) is 19.1 Å². The van der Waals surface area contributed by atoms with Crippen molar-refractivity contribution in [3.63, 3.8) is 0 Å². The van der Waals surface area contributed by atoms with Crippen LogP contribution in [0.1, 0.15) is 11.4 Å². The number of carboxylic acid groups (broad SMARTS) is 1. The average Bonchev–Trinajstić information content (AvgIpc) is 3.09. The second-order valence-electron chi connectivity index (χ2n) is 5.37. The summed E-state index contributed by atoms with van der Waals surface area (Å²) in [6, 6.07) is 12.7. The SMILES string of the molecule is COc1cccc(Cc2noc(-c3cc(Br)ccc3OCC(=O)O)n2)c1. The van der Waals surface area contributed by atoms with E-state index in [0.717, 1.165) is 15.8 Å². The lowest BCUT2D eigenvalue weighted by Crippen LogP contribution is -2.10. The molecule has 3 rings (SSSR count). The first-order valence-electron chi connectivity index (χ1n) is 7.65. The van der Waals surface area contributed by atoms with Crippen molar-refractivity contribution in [2.75, 3.05) is 13.7 Å². The Balaban J connectivity index is 1.84. The van der Waals surface area contributed by atoms with Crippen molar-refractivity contribution < 1.29 is 23.9 Å². The van der Waals surface area contributed by atoms with Crippen LogP contribution in [0.2, 0.25) is 0 Å². The molecule has 0 atom stereocenters. The zero-order chi connectivity index (χ0) is 18.5. The highest BCUT2D eigenvalue weighted by atomic mass is 79.9. The maximum atomic E-state index is 10.8.